The molecular weight excluding hydrogens is 322 g/mol. The van der Waals surface area contributed by atoms with Gasteiger partial charge >= 0.3 is 5.97 Å². The maximum absolute atomic E-state index is 12.3. The molecule has 2 rings (SSSR count). The van der Waals surface area contributed by atoms with Gasteiger partial charge in [-0.25, -0.2) is 4.79 Å². The molecule has 1 unspecified atom stereocenters. The number of aryl methyl sites for hydroxylation is 1. The predicted molar refractivity (Wildman–Crippen MR) is 79.4 cm³/mol. The summed E-state index contributed by atoms with van der Waals surface area (Å²) in [5.41, 5.74) is 1.08. The highest BCUT2D eigenvalue weighted by Gasteiger charge is 2.37. The number of aliphatic carboxylic acids is 1. The average molecular weight is 340 g/mol. The highest BCUT2D eigenvalue weighted by atomic mass is 79.9. The Labute approximate surface area is 126 Å². The minimum atomic E-state index is -0.936. The molecule has 1 aromatic carbocycles. The summed E-state index contributed by atoms with van der Waals surface area (Å²) in [6, 6.07) is 7.22. The molecule has 0 saturated heterocycles. The molecule has 1 amide bonds. The summed E-state index contributed by atoms with van der Waals surface area (Å²) < 4.78 is 1.01. The second-order valence-corrected chi connectivity index (χ2v) is 6.09. The highest BCUT2D eigenvalue weighted by molar-refractivity contribution is 9.10. The van der Waals surface area contributed by atoms with Crippen LogP contribution in [-0.4, -0.2) is 34.0 Å². The van der Waals surface area contributed by atoms with Gasteiger partial charge in [0, 0.05) is 16.9 Å². The zero-order valence-corrected chi connectivity index (χ0v) is 13.0. The third-order valence-electron chi connectivity index (χ3n) is 3.54. The summed E-state index contributed by atoms with van der Waals surface area (Å²) in [6.45, 7) is 1.58. The van der Waals surface area contributed by atoms with E-state index in [1.807, 2.05) is 24.3 Å². The molecule has 1 fully saturated rings. The normalized spacial score (nSPS) is 15.7. The number of amides is 1. The maximum Gasteiger partial charge on any atom is 0.326 e. The minimum Gasteiger partial charge on any atom is -0.480 e. The van der Waals surface area contributed by atoms with E-state index in [-0.39, 0.29) is 11.9 Å². The van der Waals surface area contributed by atoms with Gasteiger partial charge in [0.1, 0.15) is 6.04 Å². The maximum atomic E-state index is 12.3. The third kappa shape index (κ3) is 3.82. The molecule has 0 bridgehead atoms. The number of benzene rings is 1. The molecule has 0 aliphatic heterocycles. The van der Waals surface area contributed by atoms with Crippen LogP contribution < -0.4 is 0 Å². The fourth-order valence-electron chi connectivity index (χ4n) is 2.24. The SMILES string of the molecule is CC(C(=O)O)N(C(=O)CCc1ccc(Br)cc1)C1CC1. The molecular formula is C15H18BrNO3. The molecule has 0 heterocycles. The van der Waals surface area contributed by atoms with Crippen LogP contribution in [0.15, 0.2) is 28.7 Å². The summed E-state index contributed by atoms with van der Waals surface area (Å²) in [5, 5.41) is 9.09. The number of halogens is 1. The summed E-state index contributed by atoms with van der Waals surface area (Å²) in [4.78, 5) is 24.9. The van der Waals surface area contributed by atoms with E-state index < -0.39 is 12.0 Å². The molecule has 1 aliphatic carbocycles. The molecule has 1 aromatic rings. The van der Waals surface area contributed by atoms with Gasteiger partial charge in [0.2, 0.25) is 5.91 Å². The molecule has 108 valence electrons. The Kier molecular flexibility index (Phi) is 4.81. The molecule has 20 heavy (non-hydrogen) atoms. The topological polar surface area (TPSA) is 57.6 Å². The van der Waals surface area contributed by atoms with Crippen molar-refractivity contribution in [3.63, 3.8) is 0 Å². The lowest BCUT2D eigenvalue weighted by Crippen LogP contribution is -2.44. The van der Waals surface area contributed by atoms with E-state index >= 15 is 0 Å². The molecule has 1 N–H and O–H groups in total. The largest absolute Gasteiger partial charge is 0.480 e. The number of carbonyl (C=O) groups is 2. The Morgan fingerprint density at radius 2 is 1.95 bits per heavy atom. The zero-order chi connectivity index (χ0) is 14.7. The van der Waals surface area contributed by atoms with Crippen molar-refractivity contribution in [2.75, 3.05) is 0 Å². The number of rotatable bonds is 6. The zero-order valence-electron chi connectivity index (χ0n) is 11.4. The van der Waals surface area contributed by atoms with Crippen LogP contribution in [0.4, 0.5) is 0 Å². The van der Waals surface area contributed by atoms with Gasteiger partial charge in [0.15, 0.2) is 0 Å². The van der Waals surface area contributed by atoms with Crippen LogP contribution >= 0.6 is 15.9 Å². The molecule has 0 spiro atoms. The smallest absolute Gasteiger partial charge is 0.326 e. The molecule has 4 nitrogen and oxygen atoms in total. The Morgan fingerprint density at radius 3 is 2.45 bits per heavy atom. The summed E-state index contributed by atoms with van der Waals surface area (Å²) in [5.74, 6) is -1.00. The van der Waals surface area contributed by atoms with Crippen LogP contribution in [0.3, 0.4) is 0 Å². The Balaban J connectivity index is 1.95. The van der Waals surface area contributed by atoms with Crippen molar-refractivity contribution in [2.24, 2.45) is 0 Å². The van der Waals surface area contributed by atoms with E-state index in [2.05, 4.69) is 15.9 Å². The van der Waals surface area contributed by atoms with E-state index in [4.69, 9.17) is 5.11 Å². The lowest BCUT2D eigenvalue weighted by atomic mass is 10.1. The van der Waals surface area contributed by atoms with Crippen molar-refractivity contribution in [1.29, 1.82) is 0 Å². The fraction of sp³-hybridized carbons (Fsp3) is 0.467. The summed E-state index contributed by atoms with van der Waals surface area (Å²) in [7, 11) is 0. The second-order valence-electron chi connectivity index (χ2n) is 5.17. The number of hydrogen-bond acceptors (Lipinski definition) is 2. The Bertz CT molecular complexity index is 496. The van der Waals surface area contributed by atoms with Gasteiger partial charge in [-0.3, -0.25) is 4.79 Å². The van der Waals surface area contributed by atoms with Crippen LogP contribution in [0.2, 0.25) is 0 Å². The van der Waals surface area contributed by atoms with E-state index in [0.29, 0.717) is 12.8 Å². The van der Waals surface area contributed by atoms with E-state index in [1.54, 1.807) is 11.8 Å². The van der Waals surface area contributed by atoms with Gasteiger partial charge in [-0.1, -0.05) is 28.1 Å². The number of nitrogens with zero attached hydrogens (tertiary/aromatic N) is 1. The van der Waals surface area contributed by atoms with Crippen molar-refractivity contribution in [2.45, 2.75) is 44.7 Å². The average Bonchev–Trinajstić information content (AvgIpc) is 3.22. The number of carbonyl (C=O) groups excluding carboxylic acids is 1. The van der Waals surface area contributed by atoms with Gasteiger partial charge in [-0.05, 0) is 43.9 Å². The van der Waals surface area contributed by atoms with Crippen LogP contribution in [0.1, 0.15) is 31.7 Å². The lowest BCUT2D eigenvalue weighted by molar-refractivity contribution is -0.150. The number of hydrogen-bond donors (Lipinski definition) is 1. The monoisotopic (exact) mass is 339 g/mol. The van der Waals surface area contributed by atoms with Gasteiger partial charge in [0.25, 0.3) is 0 Å². The van der Waals surface area contributed by atoms with Crippen LogP contribution in [0, 0.1) is 0 Å². The van der Waals surface area contributed by atoms with E-state index in [9.17, 15) is 9.59 Å². The highest BCUT2D eigenvalue weighted by Crippen LogP contribution is 2.29. The second kappa shape index (κ2) is 6.39. The minimum absolute atomic E-state index is 0.0645. The lowest BCUT2D eigenvalue weighted by Gasteiger charge is -2.26. The van der Waals surface area contributed by atoms with Crippen LogP contribution in [0.25, 0.3) is 0 Å². The quantitative estimate of drug-likeness (QED) is 0.866. The number of carboxylic acids is 1. The summed E-state index contributed by atoms with van der Waals surface area (Å²) in [6.07, 6.45) is 2.83. The molecule has 1 atom stereocenters. The molecule has 1 aliphatic rings. The third-order valence-corrected chi connectivity index (χ3v) is 4.07. The molecule has 0 aromatic heterocycles. The van der Waals surface area contributed by atoms with Crippen molar-refractivity contribution in [1.82, 2.24) is 4.90 Å². The van der Waals surface area contributed by atoms with Gasteiger partial charge in [0.05, 0.1) is 0 Å². The Morgan fingerprint density at radius 1 is 1.35 bits per heavy atom. The van der Waals surface area contributed by atoms with Crippen molar-refractivity contribution in [3.8, 4) is 0 Å². The van der Waals surface area contributed by atoms with E-state index in [0.717, 1.165) is 22.9 Å². The van der Waals surface area contributed by atoms with Crippen LogP contribution in [-0.2, 0) is 16.0 Å². The van der Waals surface area contributed by atoms with Crippen molar-refractivity contribution >= 4 is 27.8 Å². The summed E-state index contributed by atoms with van der Waals surface area (Å²) >= 11 is 3.37. The fourth-order valence-corrected chi connectivity index (χ4v) is 2.50. The van der Waals surface area contributed by atoms with E-state index in [1.165, 1.54) is 0 Å². The van der Waals surface area contributed by atoms with Crippen LogP contribution in [0.5, 0.6) is 0 Å². The van der Waals surface area contributed by atoms with Gasteiger partial charge in [-0.2, -0.15) is 0 Å². The molecule has 1 saturated carbocycles. The van der Waals surface area contributed by atoms with Gasteiger partial charge in [-0.15, -0.1) is 0 Å². The number of carboxylic acid groups (broad SMARTS) is 1. The first-order valence-electron chi connectivity index (χ1n) is 6.77. The van der Waals surface area contributed by atoms with Crippen molar-refractivity contribution in [3.05, 3.63) is 34.3 Å². The standard InChI is InChI=1S/C15H18BrNO3/c1-10(15(19)20)17(13-7-8-13)14(18)9-4-11-2-5-12(16)6-3-11/h2-3,5-6,10,13H,4,7-9H2,1H3,(H,19,20). The Hall–Kier alpha value is -1.36. The molecule has 0 radical (unpaired) electrons. The first-order chi connectivity index (χ1) is 9.49. The first-order valence-corrected chi connectivity index (χ1v) is 7.56. The molecule has 5 heteroatoms. The van der Waals surface area contributed by atoms with Gasteiger partial charge < -0.3 is 10.0 Å². The first kappa shape index (κ1) is 15.0. The van der Waals surface area contributed by atoms with Crippen molar-refractivity contribution < 1.29 is 14.7 Å². The predicted octanol–water partition coefficient (Wildman–Crippen LogP) is 2.85.